The van der Waals surface area contributed by atoms with Crippen LogP contribution in [0.25, 0.3) is 11.2 Å². The fourth-order valence-electron chi connectivity index (χ4n) is 5.74. The van der Waals surface area contributed by atoms with Crippen molar-refractivity contribution in [2.75, 3.05) is 30.3 Å². The summed E-state index contributed by atoms with van der Waals surface area (Å²) in [6, 6.07) is 1.43. The van der Waals surface area contributed by atoms with E-state index in [4.69, 9.17) is 20.7 Å². The Labute approximate surface area is 232 Å². The number of nitrogens with zero attached hydrogens (tertiary/aromatic N) is 5. The van der Waals surface area contributed by atoms with E-state index in [2.05, 4.69) is 27.4 Å². The van der Waals surface area contributed by atoms with Gasteiger partial charge in [0.05, 0.1) is 6.33 Å². The minimum Gasteiger partial charge on any atom is -0.365 e. The minimum atomic E-state index is 0. The van der Waals surface area contributed by atoms with Gasteiger partial charge in [-0.15, -0.1) is 24.8 Å². The zero-order valence-corrected chi connectivity index (χ0v) is 23.5. The molecule has 2 amide bonds. The van der Waals surface area contributed by atoms with E-state index in [0.717, 1.165) is 81.6 Å². The Morgan fingerprint density at radius 2 is 1.65 bits per heavy atom. The number of halogens is 2. The molecule has 208 valence electrons. The highest BCUT2D eigenvalue weighted by Gasteiger charge is 2.27. The second-order valence-corrected chi connectivity index (χ2v) is 10.6. The molecule has 0 aromatic carbocycles. The fourth-order valence-corrected chi connectivity index (χ4v) is 5.74. The van der Waals surface area contributed by atoms with Crippen LogP contribution in [-0.4, -0.2) is 68.2 Å². The summed E-state index contributed by atoms with van der Waals surface area (Å²) in [7, 11) is 0. The molecule has 3 aliphatic rings. The van der Waals surface area contributed by atoms with Gasteiger partial charge in [-0.05, 0) is 57.8 Å². The average Bonchev–Trinajstić information content (AvgIpc) is 3.54. The van der Waals surface area contributed by atoms with Gasteiger partial charge in [0.25, 0.3) is 0 Å². The van der Waals surface area contributed by atoms with E-state index in [1.54, 1.807) is 0 Å². The molecule has 3 heterocycles. The molecule has 3 fully saturated rings. The number of likely N-dealkylation sites (tertiary alicyclic amines) is 1. The number of piperidine rings is 1. The number of aromatic nitrogens is 4. The molecular weight excluding hydrogens is 513 g/mol. The molecule has 2 aromatic heterocycles. The van der Waals surface area contributed by atoms with Gasteiger partial charge in [-0.25, -0.2) is 9.78 Å². The summed E-state index contributed by atoms with van der Waals surface area (Å²) in [5.41, 5.74) is 7.87. The Hall–Kier alpha value is -2.04. The topological polar surface area (TPSA) is 126 Å². The molecule has 2 aromatic rings. The Kier molecular flexibility index (Phi) is 10.9. The molecule has 5 N–H and O–H groups in total. The number of carbonyl (C=O) groups is 1. The van der Waals surface area contributed by atoms with E-state index in [1.807, 2.05) is 11.2 Å². The van der Waals surface area contributed by atoms with Crippen molar-refractivity contribution >= 4 is 53.8 Å². The third-order valence-corrected chi connectivity index (χ3v) is 7.89. The zero-order chi connectivity index (χ0) is 24.2. The Morgan fingerprint density at radius 1 is 0.973 bits per heavy atom. The third kappa shape index (κ3) is 7.09. The van der Waals surface area contributed by atoms with Gasteiger partial charge in [0.1, 0.15) is 0 Å². The third-order valence-electron chi connectivity index (χ3n) is 7.89. The van der Waals surface area contributed by atoms with E-state index < -0.39 is 0 Å². The number of hydrogen-bond donors (Lipinski definition) is 4. The van der Waals surface area contributed by atoms with Gasteiger partial charge in [0, 0.05) is 43.8 Å². The molecule has 0 spiro atoms. The van der Waals surface area contributed by atoms with E-state index in [-0.39, 0.29) is 36.9 Å². The lowest BCUT2D eigenvalue weighted by Gasteiger charge is -2.32. The maximum Gasteiger partial charge on any atom is 0.317 e. The highest BCUT2D eigenvalue weighted by Crippen LogP contribution is 2.33. The number of nitrogens with two attached hydrogens (primary N) is 1. The summed E-state index contributed by atoms with van der Waals surface area (Å²) >= 11 is 0. The Balaban J connectivity index is 0.00000190. The summed E-state index contributed by atoms with van der Waals surface area (Å²) in [5, 5.41) is 10.3. The van der Waals surface area contributed by atoms with E-state index in [9.17, 15) is 4.79 Å². The molecule has 2 saturated carbocycles. The number of anilines is 2. The first-order valence-corrected chi connectivity index (χ1v) is 13.7. The van der Waals surface area contributed by atoms with Crippen molar-refractivity contribution in [2.45, 2.75) is 102 Å². The fraction of sp³-hybridized carbons (Fsp3) is 0.760. The second-order valence-electron chi connectivity index (χ2n) is 10.6. The average molecular weight is 557 g/mol. The first kappa shape index (κ1) is 29.5. The number of imidazole rings is 1. The lowest BCUT2D eigenvalue weighted by molar-refractivity contribution is 0.183. The summed E-state index contributed by atoms with van der Waals surface area (Å²) in [6.07, 6.45) is 13.7. The summed E-state index contributed by atoms with van der Waals surface area (Å²) in [5.74, 6) is 1.48. The second kappa shape index (κ2) is 13.7. The van der Waals surface area contributed by atoms with Gasteiger partial charge in [-0.1, -0.05) is 19.8 Å². The molecule has 10 nitrogen and oxygen atoms in total. The van der Waals surface area contributed by atoms with Crippen LogP contribution >= 0.6 is 24.8 Å². The minimum absolute atomic E-state index is 0. The maximum atomic E-state index is 12.3. The van der Waals surface area contributed by atoms with Crippen LogP contribution in [0.4, 0.5) is 16.6 Å². The van der Waals surface area contributed by atoms with Crippen molar-refractivity contribution in [2.24, 2.45) is 5.73 Å². The molecule has 12 heteroatoms. The van der Waals surface area contributed by atoms with Crippen LogP contribution in [0.1, 0.15) is 83.6 Å². The van der Waals surface area contributed by atoms with Crippen molar-refractivity contribution < 1.29 is 4.79 Å². The van der Waals surface area contributed by atoms with Crippen molar-refractivity contribution in [3.05, 3.63) is 6.33 Å². The number of hydrogen-bond acceptors (Lipinski definition) is 7. The molecule has 0 unspecified atom stereocenters. The van der Waals surface area contributed by atoms with Crippen LogP contribution in [0.15, 0.2) is 6.33 Å². The predicted molar refractivity (Wildman–Crippen MR) is 153 cm³/mol. The maximum absolute atomic E-state index is 12.3. The standard InChI is InChI=1S/C25H41N9O.2ClH/c1-2-13-27-25(35)33-14-11-19(12-15-33)29-22-21-23(34(16-28-21)20-5-3-4-6-20)32-24(31-22)30-18-9-7-17(26)8-10-18;;/h16-20H,2-15,26H2,1H3,(H,27,35)(H2,29,30,31,32);2*1H/t17-,18-;;. The van der Waals surface area contributed by atoms with Gasteiger partial charge in [-0.3, -0.25) is 0 Å². The molecule has 1 aliphatic heterocycles. The van der Waals surface area contributed by atoms with Crippen molar-refractivity contribution in [3.63, 3.8) is 0 Å². The number of amides is 2. The van der Waals surface area contributed by atoms with E-state index >= 15 is 0 Å². The SMILES string of the molecule is CCCNC(=O)N1CCC(Nc2nc(N[C@H]3CC[C@H](N)CC3)nc3c2ncn3C2CCCC2)CC1.Cl.Cl. The highest BCUT2D eigenvalue weighted by atomic mass is 35.5. The quantitative estimate of drug-likeness (QED) is 0.397. The first-order valence-electron chi connectivity index (χ1n) is 13.7. The van der Waals surface area contributed by atoms with Crippen molar-refractivity contribution in [1.29, 1.82) is 0 Å². The molecule has 0 atom stereocenters. The zero-order valence-electron chi connectivity index (χ0n) is 21.8. The van der Waals surface area contributed by atoms with Gasteiger partial charge >= 0.3 is 6.03 Å². The van der Waals surface area contributed by atoms with Crippen LogP contribution < -0.4 is 21.7 Å². The molecule has 2 aliphatic carbocycles. The summed E-state index contributed by atoms with van der Waals surface area (Å²) in [4.78, 5) is 28.9. The Morgan fingerprint density at radius 3 is 2.32 bits per heavy atom. The van der Waals surface area contributed by atoms with Gasteiger partial charge in [-0.2, -0.15) is 9.97 Å². The number of rotatable bonds is 7. The largest absolute Gasteiger partial charge is 0.365 e. The smallest absolute Gasteiger partial charge is 0.317 e. The predicted octanol–water partition coefficient (Wildman–Crippen LogP) is 4.46. The number of fused-ring (bicyclic) bond motifs is 1. The molecule has 1 saturated heterocycles. The van der Waals surface area contributed by atoms with Crippen LogP contribution in [0.3, 0.4) is 0 Å². The van der Waals surface area contributed by atoms with Crippen LogP contribution in [0, 0.1) is 0 Å². The highest BCUT2D eigenvalue weighted by molar-refractivity contribution is 5.86. The molecule has 0 bridgehead atoms. The normalized spacial score (nSPS) is 22.8. The van der Waals surface area contributed by atoms with Crippen LogP contribution in [-0.2, 0) is 0 Å². The monoisotopic (exact) mass is 555 g/mol. The van der Waals surface area contributed by atoms with E-state index in [1.165, 1.54) is 25.7 Å². The van der Waals surface area contributed by atoms with Gasteiger partial charge in [0.15, 0.2) is 17.0 Å². The number of carbonyl (C=O) groups excluding carboxylic acids is 1. The van der Waals surface area contributed by atoms with Gasteiger partial charge in [0.2, 0.25) is 5.95 Å². The summed E-state index contributed by atoms with van der Waals surface area (Å²) in [6.45, 7) is 4.28. The lowest BCUT2D eigenvalue weighted by atomic mass is 9.92. The van der Waals surface area contributed by atoms with Crippen LogP contribution in [0.5, 0.6) is 0 Å². The molecule has 5 rings (SSSR count). The molecule has 37 heavy (non-hydrogen) atoms. The summed E-state index contributed by atoms with van der Waals surface area (Å²) < 4.78 is 2.26. The number of nitrogens with one attached hydrogen (secondary N) is 3. The number of urea groups is 1. The van der Waals surface area contributed by atoms with Crippen molar-refractivity contribution in [3.8, 4) is 0 Å². The molecule has 0 radical (unpaired) electrons. The van der Waals surface area contributed by atoms with E-state index in [0.29, 0.717) is 24.1 Å². The Bertz CT molecular complexity index is 997. The first-order chi connectivity index (χ1) is 17.1. The van der Waals surface area contributed by atoms with Crippen molar-refractivity contribution in [1.82, 2.24) is 29.7 Å². The molecular formula is C25H43Cl2N9O. The van der Waals surface area contributed by atoms with Gasteiger partial charge < -0.3 is 31.2 Å². The lowest BCUT2D eigenvalue weighted by Crippen LogP contribution is -2.47. The van der Waals surface area contributed by atoms with Crippen LogP contribution in [0.2, 0.25) is 0 Å².